The number of hydrogen-bond acceptors (Lipinski definition) is 4. The lowest BCUT2D eigenvalue weighted by molar-refractivity contribution is 0.0788. The second-order valence-corrected chi connectivity index (χ2v) is 5.88. The Morgan fingerprint density at radius 1 is 1.29 bits per heavy atom. The highest BCUT2D eigenvalue weighted by atomic mass is 32.1. The summed E-state index contributed by atoms with van der Waals surface area (Å²) in [5, 5.41) is 2.84. The van der Waals surface area contributed by atoms with Crippen molar-refractivity contribution in [2.24, 2.45) is 0 Å². The summed E-state index contributed by atoms with van der Waals surface area (Å²) in [7, 11) is 1.80. The van der Waals surface area contributed by atoms with Gasteiger partial charge in [0.2, 0.25) is 0 Å². The van der Waals surface area contributed by atoms with Crippen LogP contribution in [0.5, 0.6) is 0 Å². The van der Waals surface area contributed by atoms with Crippen LogP contribution in [0.15, 0.2) is 47.8 Å². The summed E-state index contributed by atoms with van der Waals surface area (Å²) in [5.74, 6) is 0.315. The summed E-state index contributed by atoms with van der Waals surface area (Å²) in [5.41, 5.74) is 7.15. The molecule has 2 aromatic heterocycles. The van der Waals surface area contributed by atoms with Crippen molar-refractivity contribution in [2.75, 3.05) is 12.8 Å². The smallest absolute Gasteiger partial charge is 0.254 e. The summed E-state index contributed by atoms with van der Waals surface area (Å²) in [6.07, 6.45) is 0. The van der Waals surface area contributed by atoms with Crippen molar-refractivity contribution in [3.05, 3.63) is 58.3 Å². The zero-order valence-corrected chi connectivity index (χ0v) is 12.4. The lowest BCUT2D eigenvalue weighted by Crippen LogP contribution is -2.26. The Kier molecular flexibility index (Phi) is 3.58. The molecule has 0 atom stereocenters. The van der Waals surface area contributed by atoms with Crippen molar-refractivity contribution in [3.8, 4) is 0 Å². The number of fused-ring (bicyclic) bond motifs is 1. The molecule has 106 valence electrons. The number of thiophene rings is 1. The number of amides is 1. The molecule has 2 heterocycles. The third-order valence-electron chi connectivity index (χ3n) is 3.29. The number of nitrogens with two attached hydrogens (primary N) is 1. The minimum Gasteiger partial charge on any atom is -0.384 e. The molecule has 0 aliphatic carbocycles. The Bertz CT molecular complexity index is 783. The number of anilines is 1. The molecule has 0 bridgehead atoms. The van der Waals surface area contributed by atoms with Crippen LogP contribution in [0.3, 0.4) is 0 Å². The van der Waals surface area contributed by atoms with E-state index in [1.807, 2.05) is 41.8 Å². The van der Waals surface area contributed by atoms with Gasteiger partial charge in [-0.1, -0.05) is 24.3 Å². The maximum atomic E-state index is 12.7. The molecule has 0 saturated carbocycles. The van der Waals surface area contributed by atoms with Crippen LogP contribution in [0.25, 0.3) is 10.9 Å². The van der Waals surface area contributed by atoms with E-state index in [1.54, 1.807) is 29.4 Å². The molecule has 3 rings (SSSR count). The van der Waals surface area contributed by atoms with Gasteiger partial charge in [-0.15, -0.1) is 11.3 Å². The molecule has 0 unspecified atom stereocenters. The fraction of sp³-hybridized carbons (Fsp3) is 0.125. The van der Waals surface area contributed by atoms with Gasteiger partial charge >= 0.3 is 0 Å². The Morgan fingerprint density at radius 3 is 2.86 bits per heavy atom. The summed E-state index contributed by atoms with van der Waals surface area (Å²) >= 11 is 1.64. The fourth-order valence-corrected chi connectivity index (χ4v) is 3.04. The van der Waals surface area contributed by atoms with Gasteiger partial charge in [0.25, 0.3) is 5.91 Å². The first-order chi connectivity index (χ1) is 10.1. The van der Waals surface area contributed by atoms with Gasteiger partial charge in [-0.05, 0) is 23.6 Å². The van der Waals surface area contributed by atoms with Crippen LogP contribution in [-0.4, -0.2) is 22.8 Å². The zero-order chi connectivity index (χ0) is 14.8. The topological polar surface area (TPSA) is 59.2 Å². The maximum Gasteiger partial charge on any atom is 0.254 e. The van der Waals surface area contributed by atoms with E-state index in [0.29, 0.717) is 17.9 Å². The van der Waals surface area contributed by atoms with Crippen LogP contribution in [0.1, 0.15) is 15.2 Å². The van der Waals surface area contributed by atoms with E-state index in [4.69, 9.17) is 5.73 Å². The highest BCUT2D eigenvalue weighted by Crippen LogP contribution is 2.21. The van der Waals surface area contributed by atoms with Crippen molar-refractivity contribution in [1.29, 1.82) is 0 Å². The van der Waals surface area contributed by atoms with Crippen molar-refractivity contribution in [2.45, 2.75) is 6.54 Å². The van der Waals surface area contributed by atoms with E-state index >= 15 is 0 Å². The number of aromatic nitrogens is 1. The predicted molar refractivity (Wildman–Crippen MR) is 86.3 cm³/mol. The largest absolute Gasteiger partial charge is 0.384 e. The molecule has 0 aliphatic rings. The quantitative estimate of drug-likeness (QED) is 0.808. The van der Waals surface area contributed by atoms with Gasteiger partial charge in [0.1, 0.15) is 5.82 Å². The Hall–Kier alpha value is -2.40. The third-order valence-corrected chi connectivity index (χ3v) is 4.15. The zero-order valence-electron chi connectivity index (χ0n) is 11.6. The number of pyridine rings is 1. The number of carbonyl (C=O) groups excluding carboxylic acids is 1. The highest BCUT2D eigenvalue weighted by molar-refractivity contribution is 7.09. The van der Waals surface area contributed by atoms with Crippen LogP contribution in [-0.2, 0) is 6.54 Å². The molecule has 0 radical (unpaired) electrons. The molecule has 21 heavy (non-hydrogen) atoms. The first-order valence-corrected chi connectivity index (χ1v) is 7.46. The van der Waals surface area contributed by atoms with Gasteiger partial charge in [-0.3, -0.25) is 4.79 Å². The molecule has 2 N–H and O–H groups in total. The second kappa shape index (κ2) is 5.54. The van der Waals surface area contributed by atoms with E-state index in [0.717, 1.165) is 15.8 Å². The predicted octanol–water partition coefficient (Wildman–Crippen LogP) is 3.15. The molecule has 0 saturated heterocycles. The van der Waals surface area contributed by atoms with E-state index in [-0.39, 0.29) is 5.91 Å². The van der Waals surface area contributed by atoms with Gasteiger partial charge in [0.05, 0.1) is 17.6 Å². The van der Waals surface area contributed by atoms with Crippen LogP contribution in [0.2, 0.25) is 0 Å². The lowest BCUT2D eigenvalue weighted by atomic mass is 10.1. The van der Waals surface area contributed by atoms with Crippen molar-refractivity contribution in [1.82, 2.24) is 9.88 Å². The maximum absolute atomic E-state index is 12.7. The first-order valence-electron chi connectivity index (χ1n) is 6.58. The van der Waals surface area contributed by atoms with Crippen LogP contribution in [0, 0.1) is 0 Å². The minimum absolute atomic E-state index is 0.0475. The van der Waals surface area contributed by atoms with Crippen LogP contribution >= 0.6 is 11.3 Å². The average molecular weight is 297 g/mol. The standard InChI is InChI=1S/C16H15N3OS/c1-19(10-11-5-4-8-21-11)16(20)13-9-15(17)18-14-7-3-2-6-12(13)14/h2-9H,10H2,1H3,(H2,17,18). The summed E-state index contributed by atoms with van der Waals surface area (Å²) in [6.45, 7) is 0.590. The number of hydrogen-bond donors (Lipinski definition) is 1. The second-order valence-electron chi connectivity index (χ2n) is 4.85. The van der Waals surface area contributed by atoms with Crippen LogP contribution < -0.4 is 5.73 Å². The number of nitrogens with zero attached hydrogens (tertiary/aromatic N) is 2. The van der Waals surface area contributed by atoms with Gasteiger partial charge in [0, 0.05) is 17.3 Å². The van der Waals surface area contributed by atoms with Crippen molar-refractivity contribution < 1.29 is 4.79 Å². The van der Waals surface area contributed by atoms with Crippen molar-refractivity contribution >= 4 is 34.0 Å². The third kappa shape index (κ3) is 2.73. The normalized spacial score (nSPS) is 10.7. The van der Waals surface area contributed by atoms with E-state index in [1.165, 1.54) is 0 Å². The number of benzene rings is 1. The van der Waals surface area contributed by atoms with Crippen LogP contribution in [0.4, 0.5) is 5.82 Å². The number of para-hydroxylation sites is 1. The number of rotatable bonds is 3. The Balaban J connectivity index is 1.97. The molecule has 3 aromatic rings. The molecule has 0 fully saturated rings. The van der Waals surface area contributed by atoms with Gasteiger partial charge < -0.3 is 10.6 Å². The lowest BCUT2D eigenvalue weighted by Gasteiger charge is -2.17. The summed E-state index contributed by atoms with van der Waals surface area (Å²) in [4.78, 5) is 19.8. The fourth-order valence-electron chi connectivity index (χ4n) is 2.29. The molecular weight excluding hydrogens is 282 g/mol. The highest BCUT2D eigenvalue weighted by Gasteiger charge is 2.16. The van der Waals surface area contributed by atoms with Gasteiger partial charge in [-0.25, -0.2) is 4.98 Å². The van der Waals surface area contributed by atoms with Gasteiger partial charge in [0.15, 0.2) is 0 Å². The first kappa shape index (κ1) is 13.6. The monoisotopic (exact) mass is 297 g/mol. The SMILES string of the molecule is CN(Cc1cccs1)C(=O)c1cc(N)nc2ccccc12. The number of nitrogen functional groups attached to an aromatic ring is 1. The molecule has 0 spiro atoms. The number of carbonyl (C=O) groups is 1. The van der Waals surface area contributed by atoms with E-state index in [2.05, 4.69) is 4.98 Å². The molecule has 1 amide bonds. The summed E-state index contributed by atoms with van der Waals surface area (Å²) in [6, 6.07) is 13.2. The van der Waals surface area contributed by atoms with E-state index in [9.17, 15) is 4.79 Å². The minimum atomic E-state index is -0.0475. The van der Waals surface area contributed by atoms with Gasteiger partial charge in [-0.2, -0.15) is 0 Å². The molecule has 4 nitrogen and oxygen atoms in total. The molecular formula is C16H15N3OS. The molecule has 0 aliphatic heterocycles. The Labute approximate surface area is 126 Å². The molecule has 1 aromatic carbocycles. The van der Waals surface area contributed by atoms with Crippen molar-refractivity contribution in [3.63, 3.8) is 0 Å². The average Bonchev–Trinajstić information content (AvgIpc) is 2.98. The van der Waals surface area contributed by atoms with E-state index < -0.39 is 0 Å². The molecule has 5 heteroatoms. The summed E-state index contributed by atoms with van der Waals surface area (Å²) < 4.78 is 0. The Morgan fingerprint density at radius 2 is 2.10 bits per heavy atom.